The highest BCUT2D eigenvalue weighted by Crippen LogP contribution is 2.27. The van der Waals surface area contributed by atoms with Crippen molar-refractivity contribution in [2.75, 3.05) is 27.2 Å². The minimum atomic E-state index is 0.375. The lowest BCUT2D eigenvalue weighted by atomic mass is 9.94. The van der Waals surface area contributed by atoms with Crippen molar-refractivity contribution in [3.63, 3.8) is 0 Å². The molecule has 1 saturated heterocycles. The highest BCUT2D eigenvalue weighted by Gasteiger charge is 2.19. The maximum absolute atomic E-state index is 5.55. The van der Waals surface area contributed by atoms with Crippen LogP contribution >= 0.6 is 0 Å². The van der Waals surface area contributed by atoms with Crippen molar-refractivity contribution in [3.05, 3.63) is 29.3 Å². The van der Waals surface area contributed by atoms with Crippen LogP contribution in [0.5, 0.6) is 5.75 Å². The molecule has 0 bridgehead atoms. The number of nitrogens with one attached hydrogen (secondary N) is 1. The number of rotatable bonds is 6. The monoisotopic (exact) mass is 290 g/mol. The highest BCUT2D eigenvalue weighted by molar-refractivity contribution is 5.38. The fourth-order valence-electron chi connectivity index (χ4n) is 3.15. The number of benzene rings is 1. The second-order valence-corrected chi connectivity index (χ2v) is 6.21. The Morgan fingerprint density at radius 1 is 1.33 bits per heavy atom. The zero-order valence-corrected chi connectivity index (χ0v) is 14.0. The van der Waals surface area contributed by atoms with E-state index < -0.39 is 0 Å². The Kier molecular flexibility index (Phi) is 6.07. The minimum Gasteiger partial charge on any atom is -0.496 e. The first-order valence-electron chi connectivity index (χ1n) is 8.24. The van der Waals surface area contributed by atoms with Gasteiger partial charge in [0.15, 0.2) is 0 Å². The average molecular weight is 290 g/mol. The van der Waals surface area contributed by atoms with Crippen molar-refractivity contribution in [1.29, 1.82) is 0 Å². The van der Waals surface area contributed by atoms with Crippen LogP contribution < -0.4 is 10.1 Å². The Morgan fingerprint density at radius 3 is 2.62 bits per heavy atom. The van der Waals surface area contributed by atoms with E-state index in [2.05, 4.69) is 42.3 Å². The van der Waals surface area contributed by atoms with Crippen LogP contribution in [0.4, 0.5) is 0 Å². The van der Waals surface area contributed by atoms with Crippen molar-refractivity contribution in [2.24, 2.45) is 5.92 Å². The van der Waals surface area contributed by atoms with Crippen LogP contribution in [0.3, 0.4) is 0 Å². The minimum absolute atomic E-state index is 0.375. The molecule has 0 amide bonds. The van der Waals surface area contributed by atoms with Gasteiger partial charge in [-0.15, -0.1) is 0 Å². The van der Waals surface area contributed by atoms with Gasteiger partial charge in [-0.2, -0.15) is 0 Å². The lowest BCUT2D eigenvalue weighted by Gasteiger charge is -2.32. The smallest absolute Gasteiger partial charge is 0.123 e. The van der Waals surface area contributed by atoms with E-state index in [1.165, 1.54) is 43.5 Å². The quantitative estimate of drug-likeness (QED) is 0.866. The molecule has 21 heavy (non-hydrogen) atoms. The van der Waals surface area contributed by atoms with Crippen LogP contribution in [-0.2, 0) is 6.54 Å². The Morgan fingerprint density at radius 2 is 2.05 bits per heavy atom. The number of ether oxygens (including phenoxy) is 1. The van der Waals surface area contributed by atoms with Crippen molar-refractivity contribution in [3.8, 4) is 5.75 Å². The summed E-state index contributed by atoms with van der Waals surface area (Å²) in [6.07, 6.45) is 4.00. The third kappa shape index (κ3) is 4.21. The van der Waals surface area contributed by atoms with Gasteiger partial charge < -0.3 is 10.1 Å². The van der Waals surface area contributed by atoms with Crippen LogP contribution in [-0.4, -0.2) is 32.1 Å². The molecule has 0 aromatic heterocycles. The van der Waals surface area contributed by atoms with Crippen molar-refractivity contribution < 1.29 is 4.74 Å². The summed E-state index contributed by atoms with van der Waals surface area (Å²) in [5, 5.41) is 3.31. The maximum Gasteiger partial charge on any atom is 0.123 e. The van der Waals surface area contributed by atoms with E-state index in [1.807, 2.05) is 7.05 Å². The molecular formula is C18H30N2O. The third-order valence-electron chi connectivity index (χ3n) is 4.92. The first-order chi connectivity index (χ1) is 10.2. The molecular weight excluding hydrogens is 260 g/mol. The molecule has 1 N–H and O–H groups in total. The molecule has 2 rings (SSSR count). The maximum atomic E-state index is 5.55. The molecule has 1 unspecified atom stereocenters. The standard InChI is InChI=1S/C18H30N2O/c1-5-15-8-10-20(11-9-15)13-17-12-16(14(2)19-3)6-7-18(17)21-4/h6-7,12,14-15,19H,5,8-11,13H2,1-4H3. The summed E-state index contributed by atoms with van der Waals surface area (Å²) >= 11 is 0. The van der Waals surface area contributed by atoms with Crippen LogP contribution in [0.15, 0.2) is 18.2 Å². The summed E-state index contributed by atoms with van der Waals surface area (Å²) in [5.74, 6) is 1.94. The van der Waals surface area contributed by atoms with Crippen molar-refractivity contribution >= 4 is 0 Å². The van der Waals surface area contributed by atoms with Gasteiger partial charge in [0, 0.05) is 18.2 Å². The van der Waals surface area contributed by atoms with Crippen molar-refractivity contribution in [2.45, 2.75) is 45.7 Å². The van der Waals surface area contributed by atoms with Gasteiger partial charge in [-0.05, 0) is 63.5 Å². The van der Waals surface area contributed by atoms with Gasteiger partial charge in [-0.1, -0.05) is 19.4 Å². The molecule has 0 spiro atoms. The molecule has 1 fully saturated rings. The molecule has 1 aliphatic rings. The number of piperidine rings is 1. The van der Waals surface area contributed by atoms with Gasteiger partial charge in [0.1, 0.15) is 5.75 Å². The van der Waals surface area contributed by atoms with E-state index in [1.54, 1.807) is 7.11 Å². The second-order valence-electron chi connectivity index (χ2n) is 6.21. The molecule has 0 radical (unpaired) electrons. The summed E-state index contributed by atoms with van der Waals surface area (Å²) in [4.78, 5) is 2.57. The van der Waals surface area contributed by atoms with Gasteiger partial charge in [-0.25, -0.2) is 0 Å². The molecule has 3 heteroatoms. The third-order valence-corrected chi connectivity index (χ3v) is 4.92. The van der Waals surface area contributed by atoms with E-state index in [0.29, 0.717) is 6.04 Å². The average Bonchev–Trinajstić information content (AvgIpc) is 2.54. The molecule has 3 nitrogen and oxygen atoms in total. The van der Waals surface area contributed by atoms with Gasteiger partial charge >= 0.3 is 0 Å². The summed E-state index contributed by atoms with van der Waals surface area (Å²) in [6.45, 7) is 7.94. The van der Waals surface area contributed by atoms with E-state index in [4.69, 9.17) is 4.74 Å². The number of likely N-dealkylation sites (tertiary alicyclic amines) is 1. The van der Waals surface area contributed by atoms with E-state index in [0.717, 1.165) is 18.2 Å². The van der Waals surface area contributed by atoms with Crippen LogP contribution in [0.1, 0.15) is 50.3 Å². The molecule has 1 aromatic rings. The van der Waals surface area contributed by atoms with Gasteiger partial charge in [0.25, 0.3) is 0 Å². The van der Waals surface area contributed by atoms with E-state index >= 15 is 0 Å². The van der Waals surface area contributed by atoms with Gasteiger partial charge in [-0.3, -0.25) is 4.90 Å². The molecule has 1 heterocycles. The molecule has 1 atom stereocenters. The molecule has 1 aromatic carbocycles. The predicted molar refractivity (Wildman–Crippen MR) is 88.8 cm³/mol. The molecule has 118 valence electrons. The first-order valence-corrected chi connectivity index (χ1v) is 8.24. The largest absolute Gasteiger partial charge is 0.496 e. The number of nitrogens with zero attached hydrogens (tertiary/aromatic N) is 1. The Labute approximate surface area is 129 Å². The van der Waals surface area contributed by atoms with Crippen LogP contribution in [0, 0.1) is 5.92 Å². The fourth-order valence-corrected chi connectivity index (χ4v) is 3.15. The fraction of sp³-hybridized carbons (Fsp3) is 0.667. The Balaban J connectivity index is 2.07. The van der Waals surface area contributed by atoms with E-state index in [9.17, 15) is 0 Å². The second kappa shape index (κ2) is 7.81. The highest BCUT2D eigenvalue weighted by atomic mass is 16.5. The zero-order valence-electron chi connectivity index (χ0n) is 14.0. The molecule has 1 aliphatic heterocycles. The molecule has 0 saturated carbocycles. The summed E-state index contributed by atoms with van der Waals surface area (Å²) in [6, 6.07) is 6.94. The predicted octanol–water partition coefficient (Wildman–Crippen LogP) is 3.60. The summed E-state index contributed by atoms with van der Waals surface area (Å²) in [5.41, 5.74) is 2.64. The summed E-state index contributed by atoms with van der Waals surface area (Å²) < 4.78 is 5.55. The first kappa shape index (κ1) is 16.3. The van der Waals surface area contributed by atoms with Crippen molar-refractivity contribution in [1.82, 2.24) is 10.2 Å². The van der Waals surface area contributed by atoms with Gasteiger partial charge in [0.05, 0.1) is 7.11 Å². The normalized spacial score (nSPS) is 18.7. The lowest BCUT2D eigenvalue weighted by molar-refractivity contribution is 0.173. The van der Waals surface area contributed by atoms with Crippen LogP contribution in [0.2, 0.25) is 0 Å². The zero-order chi connectivity index (χ0) is 15.2. The number of methoxy groups -OCH3 is 1. The van der Waals surface area contributed by atoms with Crippen LogP contribution in [0.25, 0.3) is 0 Å². The number of hydrogen-bond donors (Lipinski definition) is 1. The number of hydrogen-bond acceptors (Lipinski definition) is 3. The topological polar surface area (TPSA) is 24.5 Å². The van der Waals surface area contributed by atoms with Gasteiger partial charge in [0.2, 0.25) is 0 Å². The molecule has 0 aliphatic carbocycles. The summed E-state index contributed by atoms with van der Waals surface area (Å²) in [7, 11) is 3.77. The Hall–Kier alpha value is -1.06. The van der Waals surface area contributed by atoms with E-state index in [-0.39, 0.29) is 0 Å². The Bertz CT molecular complexity index is 439. The lowest BCUT2D eigenvalue weighted by Crippen LogP contribution is -2.33. The SMILES string of the molecule is CCC1CCN(Cc2cc(C(C)NC)ccc2OC)CC1.